The third-order valence-corrected chi connectivity index (χ3v) is 5.77. The zero-order valence-corrected chi connectivity index (χ0v) is 19.6. The average molecular weight is 486 g/mol. The number of nitrogens with one attached hydrogen (secondary N) is 1. The molecule has 4 rings (SSSR count). The Balaban J connectivity index is 1.50. The van der Waals surface area contributed by atoms with Gasteiger partial charge in [0.25, 0.3) is 5.91 Å². The maximum atomic E-state index is 13.2. The fourth-order valence-electron chi connectivity index (χ4n) is 3.95. The monoisotopic (exact) mass is 485 g/mol. The Morgan fingerprint density at radius 3 is 2.25 bits per heavy atom. The van der Waals surface area contributed by atoms with Crippen LogP contribution in [0, 0.1) is 0 Å². The van der Waals surface area contributed by atoms with Gasteiger partial charge in [-0.1, -0.05) is 48.5 Å². The molecule has 184 valence electrons. The molecule has 8 nitrogen and oxygen atoms in total. The highest BCUT2D eigenvalue weighted by Gasteiger charge is 2.29. The fourth-order valence-corrected chi connectivity index (χ4v) is 3.95. The van der Waals surface area contributed by atoms with Crippen LogP contribution in [0.15, 0.2) is 91.0 Å². The lowest BCUT2D eigenvalue weighted by Crippen LogP contribution is -2.43. The average Bonchev–Trinajstić information content (AvgIpc) is 3.35. The van der Waals surface area contributed by atoms with Gasteiger partial charge >= 0.3 is 6.09 Å². The summed E-state index contributed by atoms with van der Waals surface area (Å²) < 4.78 is 5.84. The first-order chi connectivity index (χ1) is 17.5. The van der Waals surface area contributed by atoms with Crippen molar-refractivity contribution < 1.29 is 24.2 Å². The van der Waals surface area contributed by atoms with Gasteiger partial charge < -0.3 is 20.1 Å². The van der Waals surface area contributed by atoms with E-state index in [-0.39, 0.29) is 30.9 Å². The predicted octanol–water partition coefficient (Wildman–Crippen LogP) is 4.39. The van der Waals surface area contributed by atoms with E-state index in [9.17, 15) is 14.4 Å². The van der Waals surface area contributed by atoms with Crippen LogP contribution >= 0.6 is 0 Å². The van der Waals surface area contributed by atoms with E-state index in [2.05, 4.69) is 5.32 Å². The van der Waals surface area contributed by atoms with Gasteiger partial charge in [-0.2, -0.15) is 0 Å². The fraction of sp³-hybridized carbons (Fsp3) is 0.179. The van der Waals surface area contributed by atoms with Gasteiger partial charge in [0.15, 0.2) is 0 Å². The summed E-state index contributed by atoms with van der Waals surface area (Å²) in [7, 11) is 0. The molecule has 1 saturated heterocycles. The quantitative estimate of drug-likeness (QED) is 0.461. The van der Waals surface area contributed by atoms with Gasteiger partial charge in [0.1, 0.15) is 18.0 Å². The van der Waals surface area contributed by atoms with Crippen LogP contribution in [-0.2, 0) is 9.59 Å². The molecule has 3 amide bonds. The standard InChI is InChI=1S/C28H27N3O5/c32-26(16-11-21-7-3-1-4-8-21)31(20-27(33)30-18-17-22(19-30)29-28(34)35)23-12-14-25(15-13-23)36-24-9-5-2-6-10-24/h1-16,22,29H,17-20H2,(H,34,35)/t22-/m0/s1. The van der Waals surface area contributed by atoms with Gasteiger partial charge in [0.2, 0.25) is 5.91 Å². The Morgan fingerprint density at radius 1 is 0.944 bits per heavy atom. The van der Waals surface area contributed by atoms with Crippen LogP contribution in [0.1, 0.15) is 12.0 Å². The molecule has 0 bridgehead atoms. The first-order valence-electron chi connectivity index (χ1n) is 11.6. The van der Waals surface area contributed by atoms with E-state index in [0.29, 0.717) is 30.2 Å². The molecule has 1 heterocycles. The molecule has 2 N–H and O–H groups in total. The van der Waals surface area contributed by atoms with Gasteiger partial charge in [-0.05, 0) is 54.5 Å². The molecular weight excluding hydrogens is 458 g/mol. The van der Waals surface area contributed by atoms with Crippen molar-refractivity contribution in [3.63, 3.8) is 0 Å². The molecule has 1 fully saturated rings. The number of carboxylic acid groups (broad SMARTS) is 1. The number of carbonyl (C=O) groups is 3. The Kier molecular flexibility index (Phi) is 7.97. The predicted molar refractivity (Wildman–Crippen MR) is 137 cm³/mol. The Hall–Kier alpha value is -4.59. The number of hydrogen-bond donors (Lipinski definition) is 2. The zero-order valence-electron chi connectivity index (χ0n) is 19.6. The second kappa shape index (κ2) is 11.7. The van der Waals surface area contributed by atoms with E-state index in [1.807, 2.05) is 60.7 Å². The van der Waals surface area contributed by atoms with Crippen LogP contribution in [0.3, 0.4) is 0 Å². The molecule has 0 saturated carbocycles. The molecule has 8 heteroatoms. The summed E-state index contributed by atoms with van der Waals surface area (Å²) in [5, 5.41) is 11.4. The van der Waals surface area contributed by atoms with Gasteiger partial charge in [0.05, 0.1) is 6.04 Å². The van der Waals surface area contributed by atoms with Crippen molar-refractivity contribution in [3.8, 4) is 11.5 Å². The van der Waals surface area contributed by atoms with Crippen LogP contribution in [-0.4, -0.2) is 53.6 Å². The molecule has 3 aromatic carbocycles. The molecule has 0 aromatic heterocycles. The van der Waals surface area contributed by atoms with Crippen LogP contribution in [0.4, 0.5) is 10.5 Å². The van der Waals surface area contributed by atoms with E-state index in [1.54, 1.807) is 35.2 Å². The van der Waals surface area contributed by atoms with Crippen molar-refractivity contribution in [3.05, 3.63) is 96.6 Å². The topological polar surface area (TPSA) is 99.2 Å². The minimum absolute atomic E-state index is 0.170. The van der Waals surface area contributed by atoms with Gasteiger partial charge in [-0.25, -0.2) is 4.79 Å². The Labute approximate surface area is 209 Å². The highest BCUT2D eigenvalue weighted by atomic mass is 16.5. The number of ether oxygens (including phenoxy) is 1. The van der Waals surface area contributed by atoms with E-state index in [4.69, 9.17) is 9.84 Å². The molecule has 0 unspecified atom stereocenters. The maximum Gasteiger partial charge on any atom is 0.404 e. The molecule has 0 radical (unpaired) electrons. The smallest absolute Gasteiger partial charge is 0.404 e. The Bertz CT molecular complexity index is 1210. The van der Waals surface area contributed by atoms with Gasteiger partial charge in [-0.15, -0.1) is 0 Å². The van der Waals surface area contributed by atoms with Crippen LogP contribution in [0.2, 0.25) is 0 Å². The molecule has 36 heavy (non-hydrogen) atoms. The number of rotatable bonds is 8. The number of benzene rings is 3. The Morgan fingerprint density at radius 2 is 1.58 bits per heavy atom. The third kappa shape index (κ3) is 6.73. The first kappa shape index (κ1) is 24.5. The highest BCUT2D eigenvalue weighted by Crippen LogP contribution is 2.25. The molecule has 1 aliphatic heterocycles. The normalized spacial score (nSPS) is 15.0. The summed E-state index contributed by atoms with van der Waals surface area (Å²) in [5.41, 5.74) is 1.41. The zero-order chi connectivity index (χ0) is 25.3. The van der Waals surface area contributed by atoms with Gasteiger partial charge in [-0.3, -0.25) is 14.5 Å². The molecular formula is C28H27N3O5. The van der Waals surface area contributed by atoms with Crippen molar-refractivity contribution in [2.45, 2.75) is 12.5 Å². The summed E-state index contributed by atoms with van der Waals surface area (Å²) in [6, 6.07) is 25.4. The van der Waals surface area contributed by atoms with Crippen LogP contribution in [0.5, 0.6) is 11.5 Å². The number of carbonyl (C=O) groups excluding carboxylic acids is 2. The minimum atomic E-state index is -1.12. The summed E-state index contributed by atoms with van der Waals surface area (Å²) in [6.07, 6.45) is 2.56. The SMILES string of the molecule is O=C(O)N[C@H]1CCN(C(=O)CN(C(=O)C=Cc2ccccc2)c2ccc(Oc3ccccc3)cc2)C1. The van der Waals surface area contributed by atoms with Gasteiger partial charge in [0, 0.05) is 24.9 Å². The molecule has 0 spiro atoms. The highest BCUT2D eigenvalue weighted by molar-refractivity contribution is 6.06. The number of anilines is 1. The second-order valence-electron chi connectivity index (χ2n) is 8.35. The van der Waals surface area contributed by atoms with Crippen LogP contribution in [0.25, 0.3) is 6.08 Å². The lowest BCUT2D eigenvalue weighted by Gasteiger charge is -2.24. The second-order valence-corrected chi connectivity index (χ2v) is 8.35. The molecule has 0 aliphatic carbocycles. The maximum absolute atomic E-state index is 13.2. The van der Waals surface area contributed by atoms with Crippen molar-refractivity contribution in [1.82, 2.24) is 10.2 Å². The summed E-state index contributed by atoms with van der Waals surface area (Å²) in [6.45, 7) is 0.531. The summed E-state index contributed by atoms with van der Waals surface area (Å²) in [5.74, 6) is 0.697. The first-order valence-corrected chi connectivity index (χ1v) is 11.6. The number of para-hydroxylation sites is 1. The molecule has 1 atom stereocenters. The number of nitrogens with zero attached hydrogens (tertiary/aromatic N) is 2. The molecule has 1 aliphatic rings. The van der Waals surface area contributed by atoms with Crippen molar-refractivity contribution in [1.29, 1.82) is 0 Å². The number of hydrogen-bond acceptors (Lipinski definition) is 4. The lowest BCUT2D eigenvalue weighted by atomic mass is 10.2. The lowest BCUT2D eigenvalue weighted by molar-refractivity contribution is -0.130. The minimum Gasteiger partial charge on any atom is -0.465 e. The number of likely N-dealkylation sites (tertiary alicyclic amines) is 1. The van der Waals surface area contributed by atoms with E-state index < -0.39 is 6.09 Å². The van der Waals surface area contributed by atoms with Crippen molar-refractivity contribution >= 4 is 29.7 Å². The van der Waals surface area contributed by atoms with E-state index in [1.165, 1.54) is 11.0 Å². The summed E-state index contributed by atoms with van der Waals surface area (Å²) >= 11 is 0. The largest absolute Gasteiger partial charge is 0.465 e. The van der Waals surface area contributed by atoms with Crippen LogP contribution < -0.4 is 15.0 Å². The van der Waals surface area contributed by atoms with E-state index in [0.717, 1.165) is 5.56 Å². The molecule has 3 aromatic rings. The summed E-state index contributed by atoms with van der Waals surface area (Å²) in [4.78, 5) is 40.2. The number of amides is 3. The van der Waals surface area contributed by atoms with E-state index >= 15 is 0 Å². The van der Waals surface area contributed by atoms with Crippen molar-refractivity contribution in [2.75, 3.05) is 24.5 Å². The third-order valence-electron chi connectivity index (χ3n) is 5.77. The van der Waals surface area contributed by atoms with Crippen molar-refractivity contribution in [2.24, 2.45) is 0 Å².